The van der Waals surface area contributed by atoms with Crippen LogP contribution >= 0.6 is 0 Å². The molecule has 1 amide bonds. The Morgan fingerprint density at radius 1 is 1.62 bits per heavy atom. The molecule has 0 rings (SSSR count). The first kappa shape index (κ1) is 11.8. The Kier molecular flexibility index (Phi) is 5.68. The molecule has 0 unspecified atom stereocenters. The Balaban J connectivity index is 4.13. The molecule has 0 radical (unpaired) electrons. The van der Waals surface area contributed by atoms with Gasteiger partial charge in [-0.1, -0.05) is 18.2 Å². The normalized spacial score (nSPS) is 9.08. The summed E-state index contributed by atoms with van der Waals surface area (Å²) in [7, 11) is 0. The van der Waals surface area contributed by atoms with Crippen LogP contribution in [0.15, 0.2) is 24.8 Å². The molecule has 0 aromatic carbocycles. The zero-order valence-electron chi connectivity index (χ0n) is 8.38. The van der Waals surface area contributed by atoms with Crippen LogP contribution in [0, 0.1) is 0 Å². The Morgan fingerprint density at radius 2 is 2.23 bits per heavy atom. The van der Waals surface area contributed by atoms with Gasteiger partial charge in [0.2, 0.25) is 0 Å². The maximum atomic E-state index is 11.3. The summed E-state index contributed by atoms with van der Waals surface area (Å²) in [6.07, 6.45) is 1.35. The van der Waals surface area contributed by atoms with Crippen molar-refractivity contribution in [3.63, 3.8) is 0 Å². The Morgan fingerprint density at radius 3 is 2.62 bits per heavy atom. The molecule has 0 aliphatic heterocycles. The van der Waals surface area contributed by atoms with Gasteiger partial charge in [-0.05, 0) is 13.8 Å². The highest BCUT2D eigenvalue weighted by molar-refractivity contribution is 5.68. The lowest BCUT2D eigenvalue weighted by Crippen LogP contribution is -2.33. The standard InChI is InChI=1S/C10H17NO2/c1-5-7-11(8-9(3)4)10(12)13-6-2/h5H,1,3,6-8H2,2,4H3. The Labute approximate surface area is 79.7 Å². The van der Waals surface area contributed by atoms with Crippen molar-refractivity contribution in [3.8, 4) is 0 Å². The number of amides is 1. The SMILES string of the molecule is C=CCN(CC(=C)C)C(=O)OCC. The van der Waals surface area contributed by atoms with Gasteiger partial charge in [-0.25, -0.2) is 4.79 Å². The Bertz CT molecular complexity index is 199. The molecule has 0 aliphatic carbocycles. The fourth-order valence-electron chi connectivity index (χ4n) is 0.900. The van der Waals surface area contributed by atoms with E-state index in [1.54, 1.807) is 17.9 Å². The van der Waals surface area contributed by atoms with E-state index in [1.165, 1.54) is 0 Å². The molecule has 3 nitrogen and oxygen atoms in total. The smallest absolute Gasteiger partial charge is 0.410 e. The summed E-state index contributed by atoms with van der Waals surface area (Å²) in [6.45, 7) is 12.4. The van der Waals surface area contributed by atoms with Gasteiger partial charge in [-0.3, -0.25) is 0 Å². The molecule has 0 fully saturated rings. The topological polar surface area (TPSA) is 29.5 Å². The molecule has 0 bridgehead atoms. The molecule has 3 heteroatoms. The predicted molar refractivity (Wildman–Crippen MR) is 53.6 cm³/mol. The number of rotatable bonds is 5. The average Bonchev–Trinajstić information content (AvgIpc) is 2.03. The predicted octanol–water partition coefficient (Wildman–Crippen LogP) is 2.21. The van der Waals surface area contributed by atoms with E-state index in [-0.39, 0.29) is 6.09 Å². The van der Waals surface area contributed by atoms with Crippen LogP contribution < -0.4 is 0 Å². The molecule has 0 aromatic heterocycles. The van der Waals surface area contributed by atoms with Crippen molar-refractivity contribution in [2.24, 2.45) is 0 Å². The highest BCUT2D eigenvalue weighted by Gasteiger charge is 2.11. The second kappa shape index (κ2) is 6.29. The van der Waals surface area contributed by atoms with Crippen molar-refractivity contribution >= 4 is 6.09 Å². The third-order valence-electron chi connectivity index (χ3n) is 1.34. The zero-order chi connectivity index (χ0) is 10.3. The van der Waals surface area contributed by atoms with Crippen LogP contribution in [0.25, 0.3) is 0 Å². The van der Waals surface area contributed by atoms with Gasteiger partial charge in [0.25, 0.3) is 0 Å². The number of ether oxygens (including phenoxy) is 1. The lowest BCUT2D eigenvalue weighted by atomic mass is 10.3. The summed E-state index contributed by atoms with van der Waals surface area (Å²) in [6, 6.07) is 0. The quantitative estimate of drug-likeness (QED) is 0.611. The monoisotopic (exact) mass is 183 g/mol. The first-order chi connectivity index (χ1) is 6.11. The van der Waals surface area contributed by atoms with Crippen LogP contribution in [-0.2, 0) is 4.74 Å². The highest BCUT2D eigenvalue weighted by Crippen LogP contribution is 1.99. The van der Waals surface area contributed by atoms with E-state index in [1.807, 2.05) is 6.92 Å². The van der Waals surface area contributed by atoms with Crippen LogP contribution in [0.4, 0.5) is 4.79 Å². The van der Waals surface area contributed by atoms with E-state index >= 15 is 0 Å². The van der Waals surface area contributed by atoms with E-state index in [2.05, 4.69) is 13.2 Å². The average molecular weight is 183 g/mol. The van der Waals surface area contributed by atoms with Crippen molar-refractivity contribution in [1.82, 2.24) is 4.90 Å². The number of hydrogen-bond acceptors (Lipinski definition) is 2. The highest BCUT2D eigenvalue weighted by atomic mass is 16.6. The molecular weight excluding hydrogens is 166 g/mol. The minimum atomic E-state index is -0.314. The molecule has 0 N–H and O–H groups in total. The van der Waals surface area contributed by atoms with Gasteiger partial charge in [0.05, 0.1) is 6.61 Å². The summed E-state index contributed by atoms with van der Waals surface area (Å²) in [5.41, 5.74) is 0.926. The molecule has 74 valence electrons. The van der Waals surface area contributed by atoms with Crippen LogP contribution in [0.1, 0.15) is 13.8 Å². The fourth-order valence-corrected chi connectivity index (χ4v) is 0.900. The van der Waals surface area contributed by atoms with Crippen LogP contribution in [0.5, 0.6) is 0 Å². The molecule has 0 aliphatic rings. The maximum absolute atomic E-state index is 11.3. The van der Waals surface area contributed by atoms with Gasteiger partial charge in [-0.2, -0.15) is 0 Å². The first-order valence-electron chi connectivity index (χ1n) is 4.28. The summed E-state index contributed by atoms with van der Waals surface area (Å²) in [5, 5.41) is 0. The second-order valence-corrected chi connectivity index (χ2v) is 2.83. The maximum Gasteiger partial charge on any atom is 0.410 e. The summed E-state index contributed by atoms with van der Waals surface area (Å²) < 4.78 is 4.86. The number of carbonyl (C=O) groups excluding carboxylic acids is 1. The van der Waals surface area contributed by atoms with Crippen LogP contribution in [0.3, 0.4) is 0 Å². The molecule has 0 heterocycles. The van der Waals surface area contributed by atoms with Crippen molar-refractivity contribution < 1.29 is 9.53 Å². The Hall–Kier alpha value is -1.25. The van der Waals surface area contributed by atoms with Crippen molar-refractivity contribution in [3.05, 3.63) is 24.8 Å². The van der Waals surface area contributed by atoms with Gasteiger partial charge < -0.3 is 9.64 Å². The van der Waals surface area contributed by atoms with Crippen LogP contribution in [-0.4, -0.2) is 30.7 Å². The van der Waals surface area contributed by atoms with Gasteiger partial charge in [-0.15, -0.1) is 6.58 Å². The lowest BCUT2D eigenvalue weighted by Gasteiger charge is -2.19. The number of carbonyl (C=O) groups is 1. The molecule has 0 aromatic rings. The first-order valence-corrected chi connectivity index (χ1v) is 4.28. The third-order valence-corrected chi connectivity index (χ3v) is 1.34. The molecule has 0 atom stereocenters. The van der Waals surface area contributed by atoms with E-state index in [9.17, 15) is 4.79 Å². The van der Waals surface area contributed by atoms with E-state index in [4.69, 9.17) is 4.74 Å². The summed E-state index contributed by atoms with van der Waals surface area (Å²) in [4.78, 5) is 12.8. The van der Waals surface area contributed by atoms with Gasteiger partial charge in [0.1, 0.15) is 0 Å². The zero-order valence-corrected chi connectivity index (χ0v) is 8.38. The third kappa shape index (κ3) is 5.06. The van der Waals surface area contributed by atoms with E-state index in [0.29, 0.717) is 19.7 Å². The number of nitrogens with zero attached hydrogens (tertiary/aromatic N) is 1. The number of hydrogen-bond donors (Lipinski definition) is 0. The minimum Gasteiger partial charge on any atom is -0.450 e. The second-order valence-electron chi connectivity index (χ2n) is 2.83. The summed E-state index contributed by atoms with van der Waals surface area (Å²) >= 11 is 0. The summed E-state index contributed by atoms with van der Waals surface area (Å²) in [5.74, 6) is 0. The van der Waals surface area contributed by atoms with Crippen molar-refractivity contribution in [2.75, 3.05) is 19.7 Å². The van der Waals surface area contributed by atoms with Gasteiger partial charge in [0.15, 0.2) is 0 Å². The van der Waals surface area contributed by atoms with E-state index in [0.717, 1.165) is 5.57 Å². The largest absolute Gasteiger partial charge is 0.450 e. The lowest BCUT2D eigenvalue weighted by molar-refractivity contribution is 0.114. The molecule has 0 spiro atoms. The van der Waals surface area contributed by atoms with E-state index < -0.39 is 0 Å². The van der Waals surface area contributed by atoms with Crippen molar-refractivity contribution in [1.29, 1.82) is 0 Å². The molecule has 0 saturated carbocycles. The van der Waals surface area contributed by atoms with Gasteiger partial charge >= 0.3 is 6.09 Å². The molecular formula is C10H17NO2. The van der Waals surface area contributed by atoms with Crippen molar-refractivity contribution in [2.45, 2.75) is 13.8 Å². The minimum absolute atomic E-state index is 0.314. The molecule has 13 heavy (non-hydrogen) atoms. The van der Waals surface area contributed by atoms with Gasteiger partial charge in [0, 0.05) is 13.1 Å². The fraction of sp³-hybridized carbons (Fsp3) is 0.500. The van der Waals surface area contributed by atoms with Crippen LogP contribution in [0.2, 0.25) is 0 Å². The molecule has 0 saturated heterocycles.